The molecule has 0 aliphatic heterocycles. The highest BCUT2D eigenvalue weighted by Gasteiger charge is 2.28. The maximum Gasteiger partial charge on any atom is 0.242 e. The van der Waals surface area contributed by atoms with Crippen LogP contribution in [0.2, 0.25) is 5.02 Å². The molecule has 6 heteroatoms. The molecule has 2 amide bonds. The number of halogens is 1. The second-order valence-corrected chi connectivity index (χ2v) is 8.53. The van der Waals surface area contributed by atoms with Crippen LogP contribution < -0.4 is 5.32 Å². The van der Waals surface area contributed by atoms with Gasteiger partial charge in [0.05, 0.1) is 5.75 Å². The highest BCUT2D eigenvalue weighted by Crippen LogP contribution is 2.22. The van der Waals surface area contributed by atoms with Crippen LogP contribution >= 0.6 is 23.4 Å². The Bertz CT molecular complexity index is 836. The van der Waals surface area contributed by atoms with Gasteiger partial charge >= 0.3 is 0 Å². The van der Waals surface area contributed by atoms with Crippen molar-refractivity contribution in [2.24, 2.45) is 0 Å². The molecule has 156 valence electrons. The zero-order chi connectivity index (χ0) is 21.4. The van der Waals surface area contributed by atoms with Crippen molar-refractivity contribution in [2.45, 2.75) is 45.5 Å². The van der Waals surface area contributed by atoms with Gasteiger partial charge in [-0.05, 0) is 37.5 Å². The van der Waals surface area contributed by atoms with Gasteiger partial charge in [0.2, 0.25) is 11.8 Å². The number of carbonyl (C=O) groups excluding carboxylic acids is 2. The number of benzene rings is 2. The molecule has 2 aromatic rings. The van der Waals surface area contributed by atoms with Gasteiger partial charge in [-0.1, -0.05) is 66.0 Å². The van der Waals surface area contributed by atoms with Crippen LogP contribution in [-0.4, -0.2) is 35.6 Å². The van der Waals surface area contributed by atoms with Crippen LogP contribution in [0.15, 0.2) is 42.5 Å². The van der Waals surface area contributed by atoms with Gasteiger partial charge in [-0.3, -0.25) is 9.59 Å². The van der Waals surface area contributed by atoms with Crippen LogP contribution in [0, 0.1) is 13.8 Å². The van der Waals surface area contributed by atoms with Crippen LogP contribution in [-0.2, 0) is 21.9 Å². The van der Waals surface area contributed by atoms with Gasteiger partial charge in [0.1, 0.15) is 6.04 Å². The number of hydrogen-bond donors (Lipinski definition) is 1. The first-order valence-corrected chi connectivity index (χ1v) is 11.3. The largest absolute Gasteiger partial charge is 0.357 e. The SMILES string of the molecule is CCC(C(=O)NC)N(Cc1ccccc1Cl)C(=O)CSCc1cc(C)cc(C)c1. The van der Waals surface area contributed by atoms with E-state index < -0.39 is 6.04 Å². The Labute approximate surface area is 183 Å². The zero-order valence-electron chi connectivity index (χ0n) is 17.5. The molecule has 4 nitrogen and oxygen atoms in total. The van der Waals surface area contributed by atoms with Crippen molar-refractivity contribution in [3.05, 3.63) is 69.7 Å². The summed E-state index contributed by atoms with van der Waals surface area (Å²) < 4.78 is 0. The lowest BCUT2D eigenvalue weighted by atomic mass is 10.1. The molecule has 0 heterocycles. The summed E-state index contributed by atoms with van der Waals surface area (Å²) >= 11 is 7.87. The van der Waals surface area contributed by atoms with Gasteiger partial charge < -0.3 is 10.2 Å². The molecule has 0 radical (unpaired) electrons. The van der Waals surface area contributed by atoms with E-state index in [4.69, 9.17) is 11.6 Å². The number of hydrogen-bond acceptors (Lipinski definition) is 3. The lowest BCUT2D eigenvalue weighted by molar-refractivity contribution is -0.139. The Balaban J connectivity index is 2.12. The molecular formula is C23H29ClN2O2S. The monoisotopic (exact) mass is 432 g/mol. The van der Waals surface area contributed by atoms with Crippen LogP contribution in [0.1, 0.15) is 35.6 Å². The second kappa shape index (κ2) is 11.3. The Morgan fingerprint density at radius 3 is 2.38 bits per heavy atom. The second-order valence-electron chi connectivity index (χ2n) is 7.14. The molecule has 1 unspecified atom stereocenters. The van der Waals surface area contributed by atoms with Crippen LogP contribution in [0.3, 0.4) is 0 Å². The summed E-state index contributed by atoms with van der Waals surface area (Å²) in [4.78, 5) is 27.1. The maximum atomic E-state index is 13.1. The molecule has 0 aliphatic rings. The molecule has 0 bridgehead atoms. The number of carbonyl (C=O) groups is 2. The number of thioether (sulfide) groups is 1. The molecule has 1 N–H and O–H groups in total. The van der Waals surface area contributed by atoms with Gasteiger partial charge in [-0.25, -0.2) is 0 Å². The minimum absolute atomic E-state index is 0.0604. The Morgan fingerprint density at radius 2 is 1.79 bits per heavy atom. The highest BCUT2D eigenvalue weighted by atomic mass is 35.5. The topological polar surface area (TPSA) is 49.4 Å². The highest BCUT2D eigenvalue weighted by molar-refractivity contribution is 7.99. The number of amides is 2. The van der Waals surface area contributed by atoms with Crippen molar-refractivity contribution in [1.82, 2.24) is 10.2 Å². The minimum Gasteiger partial charge on any atom is -0.357 e. The van der Waals surface area contributed by atoms with E-state index in [1.165, 1.54) is 16.7 Å². The van der Waals surface area contributed by atoms with E-state index in [9.17, 15) is 9.59 Å². The lowest BCUT2D eigenvalue weighted by Gasteiger charge is -2.30. The van der Waals surface area contributed by atoms with E-state index in [2.05, 4.69) is 37.4 Å². The van der Waals surface area contributed by atoms with Crippen molar-refractivity contribution >= 4 is 35.2 Å². The van der Waals surface area contributed by atoms with Gasteiger partial charge in [0.15, 0.2) is 0 Å². The third-order valence-corrected chi connectivity index (χ3v) is 6.06. The molecule has 0 saturated carbocycles. The molecule has 0 aromatic heterocycles. The molecule has 0 fully saturated rings. The van der Waals surface area contributed by atoms with Crippen molar-refractivity contribution < 1.29 is 9.59 Å². The first kappa shape index (κ1) is 23.3. The normalized spacial score (nSPS) is 11.8. The van der Waals surface area contributed by atoms with Crippen molar-refractivity contribution in [1.29, 1.82) is 0 Å². The average molecular weight is 433 g/mol. The van der Waals surface area contributed by atoms with Crippen molar-refractivity contribution in [2.75, 3.05) is 12.8 Å². The summed E-state index contributed by atoms with van der Waals surface area (Å²) in [5.74, 6) is 0.845. The van der Waals surface area contributed by atoms with Crippen LogP contribution in [0.5, 0.6) is 0 Å². The summed E-state index contributed by atoms with van der Waals surface area (Å²) in [5.41, 5.74) is 4.48. The first-order chi connectivity index (χ1) is 13.8. The van der Waals surface area contributed by atoms with Gasteiger partial charge in [-0.15, -0.1) is 11.8 Å². The summed E-state index contributed by atoms with van der Waals surface area (Å²) in [6.45, 7) is 6.38. The van der Waals surface area contributed by atoms with Gasteiger partial charge in [0.25, 0.3) is 0 Å². The third-order valence-electron chi connectivity index (χ3n) is 4.71. The van der Waals surface area contributed by atoms with E-state index in [0.717, 1.165) is 11.3 Å². The molecule has 29 heavy (non-hydrogen) atoms. The summed E-state index contributed by atoms with van der Waals surface area (Å²) in [7, 11) is 1.60. The van der Waals surface area contributed by atoms with E-state index in [1.54, 1.807) is 29.8 Å². The molecule has 0 saturated heterocycles. The predicted octanol–water partition coefficient (Wildman–Crippen LogP) is 4.74. The summed E-state index contributed by atoms with van der Waals surface area (Å²) in [6.07, 6.45) is 0.539. The summed E-state index contributed by atoms with van der Waals surface area (Å²) in [5, 5.41) is 3.27. The Hall–Kier alpha value is -1.98. The molecule has 1 atom stereocenters. The smallest absolute Gasteiger partial charge is 0.242 e. The van der Waals surface area contributed by atoms with Crippen molar-refractivity contribution in [3.8, 4) is 0 Å². The predicted molar refractivity (Wildman–Crippen MR) is 122 cm³/mol. The molecule has 0 aliphatic carbocycles. The summed E-state index contributed by atoms with van der Waals surface area (Å²) in [6, 6.07) is 13.3. The lowest BCUT2D eigenvalue weighted by Crippen LogP contribution is -2.48. The van der Waals surface area contributed by atoms with Crippen LogP contribution in [0.4, 0.5) is 0 Å². The minimum atomic E-state index is -0.523. The number of rotatable bonds is 9. The number of nitrogens with one attached hydrogen (secondary N) is 1. The zero-order valence-corrected chi connectivity index (χ0v) is 19.1. The first-order valence-electron chi connectivity index (χ1n) is 9.75. The molecule has 2 aromatic carbocycles. The van der Waals surface area contributed by atoms with E-state index in [1.807, 2.05) is 25.1 Å². The average Bonchev–Trinajstić information content (AvgIpc) is 2.68. The number of aryl methyl sites for hydroxylation is 2. The quantitative estimate of drug-likeness (QED) is 0.622. The fraction of sp³-hybridized carbons (Fsp3) is 0.391. The van der Waals surface area contributed by atoms with Crippen molar-refractivity contribution in [3.63, 3.8) is 0 Å². The number of nitrogens with zero attached hydrogens (tertiary/aromatic N) is 1. The third kappa shape index (κ3) is 6.79. The van der Waals surface area contributed by atoms with Crippen LogP contribution in [0.25, 0.3) is 0 Å². The Kier molecular flexibility index (Phi) is 9.05. The Morgan fingerprint density at radius 1 is 1.14 bits per heavy atom. The molecular weight excluding hydrogens is 404 g/mol. The fourth-order valence-corrected chi connectivity index (χ4v) is 4.43. The van der Waals surface area contributed by atoms with Gasteiger partial charge in [0, 0.05) is 24.4 Å². The van der Waals surface area contributed by atoms with E-state index >= 15 is 0 Å². The molecule has 0 spiro atoms. The maximum absolute atomic E-state index is 13.1. The van der Waals surface area contributed by atoms with E-state index in [-0.39, 0.29) is 11.8 Å². The number of likely N-dealkylation sites (N-methyl/N-ethyl adjacent to an activating group) is 1. The van der Waals surface area contributed by atoms with E-state index in [0.29, 0.717) is 23.7 Å². The fourth-order valence-electron chi connectivity index (χ4n) is 3.39. The molecule has 2 rings (SSSR count). The standard InChI is InChI=1S/C23H29ClN2O2S/c1-5-21(23(28)25-4)26(13-19-8-6-7-9-20(19)24)22(27)15-29-14-18-11-16(2)10-17(3)12-18/h6-12,21H,5,13-15H2,1-4H3,(H,25,28). The van der Waals surface area contributed by atoms with Gasteiger partial charge in [-0.2, -0.15) is 0 Å².